The van der Waals surface area contributed by atoms with Crippen molar-refractivity contribution in [2.75, 3.05) is 37.9 Å². The van der Waals surface area contributed by atoms with Crippen LogP contribution in [0.5, 0.6) is 0 Å². The average Bonchev–Trinajstić information content (AvgIpc) is 2.86. The first kappa shape index (κ1) is 15.6. The standard InChI is InChI=1S/C15H29NO2S/c1-3-9-19-11-14(16-4-2)13-5-7-18-15(10-13)6-8-17-12-15/h13-14,16H,3-12H2,1-2H3. The Hall–Kier alpha value is 0.230. The third-order valence-corrected chi connectivity index (χ3v) is 5.57. The highest BCUT2D eigenvalue weighted by atomic mass is 32.2. The highest BCUT2D eigenvalue weighted by molar-refractivity contribution is 7.99. The highest BCUT2D eigenvalue weighted by Gasteiger charge is 2.42. The van der Waals surface area contributed by atoms with Crippen LogP contribution in [0.2, 0.25) is 0 Å². The molecule has 0 amide bonds. The van der Waals surface area contributed by atoms with E-state index in [4.69, 9.17) is 9.47 Å². The van der Waals surface area contributed by atoms with Crippen LogP contribution < -0.4 is 5.32 Å². The average molecular weight is 287 g/mol. The smallest absolute Gasteiger partial charge is 0.0939 e. The molecule has 112 valence electrons. The molecule has 3 atom stereocenters. The molecule has 2 rings (SSSR count). The van der Waals surface area contributed by atoms with E-state index in [0.29, 0.717) is 6.04 Å². The molecule has 19 heavy (non-hydrogen) atoms. The molecule has 1 N–H and O–H groups in total. The lowest BCUT2D eigenvalue weighted by Gasteiger charge is -2.40. The van der Waals surface area contributed by atoms with Crippen molar-refractivity contribution in [1.82, 2.24) is 5.32 Å². The SMILES string of the molecule is CCCSCC(NCC)C1CCOC2(CCOC2)C1. The zero-order chi connectivity index (χ0) is 13.6. The number of hydrogen-bond acceptors (Lipinski definition) is 4. The molecule has 2 saturated heterocycles. The van der Waals surface area contributed by atoms with E-state index in [1.807, 2.05) is 0 Å². The second kappa shape index (κ2) is 7.87. The maximum absolute atomic E-state index is 6.05. The van der Waals surface area contributed by atoms with Crippen molar-refractivity contribution >= 4 is 11.8 Å². The van der Waals surface area contributed by atoms with Crippen LogP contribution in [-0.4, -0.2) is 49.5 Å². The number of hydrogen-bond donors (Lipinski definition) is 1. The van der Waals surface area contributed by atoms with Gasteiger partial charge in [0.05, 0.1) is 12.2 Å². The predicted octanol–water partition coefficient (Wildman–Crippen LogP) is 2.69. The quantitative estimate of drug-likeness (QED) is 0.729. The van der Waals surface area contributed by atoms with Crippen LogP contribution in [0.1, 0.15) is 39.5 Å². The molecule has 0 aromatic rings. The van der Waals surface area contributed by atoms with Crippen LogP contribution in [0, 0.1) is 5.92 Å². The Kier molecular flexibility index (Phi) is 6.46. The van der Waals surface area contributed by atoms with Crippen LogP contribution >= 0.6 is 11.8 Å². The second-order valence-corrected chi connectivity index (χ2v) is 6.98. The summed E-state index contributed by atoms with van der Waals surface area (Å²) in [6, 6.07) is 0.642. The van der Waals surface area contributed by atoms with Gasteiger partial charge >= 0.3 is 0 Å². The Labute approximate surface area is 122 Å². The summed E-state index contributed by atoms with van der Waals surface area (Å²) in [6.07, 6.45) is 4.74. The van der Waals surface area contributed by atoms with E-state index < -0.39 is 0 Å². The molecule has 2 aliphatic rings. The molecule has 0 aliphatic carbocycles. The Morgan fingerprint density at radius 2 is 2.26 bits per heavy atom. The van der Waals surface area contributed by atoms with Crippen LogP contribution in [0.4, 0.5) is 0 Å². The zero-order valence-corrected chi connectivity index (χ0v) is 13.3. The lowest BCUT2D eigenvalue weighted by Crippen LogP contribution is -2.48. The van der Waals surface area contributed by atoms with Crippen LogP contribution in [0.15, 0.2) is 0 Å². The minimum atomic E-state index is 0.0476. The zero-order valence-electron chi connectivity index (χ0n) is 12.5. The van der Waals surface area contributed by atoms with Gasteiger partial charge in [0.25, 0.3) is 0 Å². The number of thioether (sulfide) groups is 1. The molecule has 2 aliphatic heterocycles. The van der Waals surface area contributed by atoms with E-state index in [0.717, 1.165) is 38.7 Å². The van der Waals surface area contributed by atoms with E-state index >= 15 is 0 Å². The van der Waals surface area contributed by atoms with Gasteiger partial charge in [-0.1, -0.05) is 13.8 Å². The largest absolute Gasteiger partial charge is 0.378 e. The van der Waals surface area contributed by atoms with Crippen LogP contribution in [-0.2, 0) is 9.47 Å². The Bertz CT molecular complexity index is 257. The molecule has 2 fully saturated rings. The summed E-state index contributed by atoms with van der Waals surface area (Å²) in [4.78, 5) is 0. The first-order chi connectivity index (χ1) is 9.29. The molecule has 1 spiro atoms. The number of ether oxygens (including phenoxy) is 2. The molecule has 0 aromatic carbocycles. The van der Waals surface area contributed by atoms with E-state index in [1.54, 1.807) is 0 Å². The molecule has 0 bridgehead atoms. The van der Waals surface area contributed by atoms with Crippen LogP contribution in [0.3, 0.4) is 0 Å². The molecule has 0 aromatic heterocycles. The van der Waals surface area contributed by atoms with Gasteiger partial charge in [-0.2, -0.15) is 11.8 Å². The number of nitrogens with one attached hydrogen (secondary N) is 1. The fraction of sp³-hybridized carbons (Fsp3) is 1.00. The lowest BCUT2D eigenvalue weighted by molar-refractivity contribution is -0.102. The van der Waals surface area contributed by atoms with Gasteiger partial charge in [0.1, 0.15) is 0 Å². The maximum Gasteiger partial charge on any atom is 0.0939 e. The highest BCUT2D eigenvalue weighted by Crippen LogP contribution is 2.37. The molecular formula is C15H29NO2S. The molecule has 0 radical (unpaired) electrons. The molecule has 2 heterocycles. The van der Waals surface area contributed by atoms with Gasteiger partial charge in [0.15, 0.2) is 0 Å². The van der Waals surface area contributed by atoms with Gasteiger partial charge < -0.3 is 14.8 Å². The van der Waals surface area contributed by atoms with Crippen molar-refractivity contribution in [2.45, 2.75) is 51.2 Å². The molecule has 3 nitrogen and oxygen atoms in total. The number of rotatable bonds is 7. The minimum Gasteiger partial charge on any atom is -0.378 e. The fourth-order valence-corrected chi connectivity index (χ4v) is 4.35. The van der Waals surface area contributed by atoms with Crippen molar-refractivity contribution < 1.29 is 9.47 Å². The van der Waals surface area contributed by atoms with E-state index in [2.05, 4.69) is 30.9 Å². The van der Waals surface area contributed by atoms with Gasteiger partial charge in [-0.3, -0.25) is 0 Å². The summed E-state index contributed by atoms with van der Waals surface area (Å²) < 4.78 is 11.6. The van der Waals surface area contributed by atoms with Gasteiger partial charge in [-0.25, -0.2) is 0 Å². The normalized spacial score (nSPS) is 32.8. The molecule has 3 unspecified atom stereocenters. The summed E-state index contributed by atoms with van der Waals surface area (Å²) in [6.45, 7) is 8.14. The van der Waals surface area contributed by atoms with Gasteiger partial charge in [0.2, 0.25) is 0 Å². The van der Waals surface area contributed by atoms with E-state index in [9.17, 15) is 0 Å². The van der Waals surface area contributed by atoms with Crippen molar-refractivity contribution in [1.29, 1.82) is 0 Å². The Morgan fingerprint density at radius 1 is 1.37 bits per heavy atom. The van der Waals surface area contributed by atoms with Crippen molar-refractivity contribution in [3.63, 3.8) is 0 Å². The maximum atomic E-state index is 6.05. The summed E-state index contributed by atoms with van der Waals surface area (Å²) in [5.41, 5.74) is 0.0476. The predicted molar refractivity (Wildman–Crippen MR) is 81.9 cm³/mol. The first-order valence-electron chi connectivity index (χ1n) is 7.82. The topological polar surface area (TPSA) is 30.5 Å². The summed E-state index contributed by atoms with van der Waals surface area (Å²) in [5.74, 6) is 3.27. The second-order valence-electron chi connectivity index (χ2n) is 5.83. The van der Waals surface area contributed by atoms with Crippen molar-refractivity contribution in [3.8, 4) is 0 Å². The summed E-state index contributed by atoms with van der Waals surface area (Å²) in [5, 5.41) is 3.70. The van der Waals surface area contributed by atoms with E-state index in [1.165, 1.54) is 30.8 Å². The Morgan fingerprint density at radius 3 is 2.95 bits per heavy atom. The summed E-state index contributed by atoms with van der Waals surface area (Å²) >= 11 is 2.09. The molecule has 0 saturated carbocycles. The molecule has 4 heteroatoms. The summed E-state index contributed by atoms with van der Waals surface area (Å²) in [7, 11) is 0. The monoisotopic (exact) mass is 287 g/mol. The Balaban J connectivity index is 1.88. The van der Waals surface area contributed by atoms with Gasteiger partial charge in [-0.05, 0) is 37.5 Å². The van der Waals surface area contributed by atoms with Gasteiger partial charge in [0, 0.05) is 31.4 Å². The first-order valence-corrected chi connectivity index (χ1v) is 8.98. The van der Waals surface area contributed by atoms with Crippen LogP contribution in [0.25, 0.3) is 0 Å². The third kappa shape index (κ3) is 4.35. The molecular weight excluding hydrogens is 258 g/mol. The fourth-order valence-electron chi connectivity index (χ4n) is 3.25. The third-order valence-electron chi connectivity index (χ3n) is 4.28. The van der Waals surface area contributed by atoms with Gasteiger partial charge in [-0.15, -0.1) is 0 Å². The minimum absolute atomic E-state index is 0.0476. The lowest BCUT2D eigenvalue weighted by atomic mass is 9.81. The van der Waals surface area contributed by atoms with Crippen molar-refractivity contribution in [2.24, 2.45) is 5.92 Å². The van der Waals surface area contributed by atoms with E-state index in [-0.39, 0.29) is 5.60 Å². The van der Waals surface area contributed by atoms with Crippen molar-refractivity contribution in [3.05, 3.63) is 0 Å².